The summed E-state index contributed by atoms with van der Waals surface area (Å²) in [5, 5.41) is 4.44. The van der Waals surface area contributed by atoms with E-state index in [4.69, 9.17) is 0 Å². The first-order valence-electron chi connectivity index (χ1n) is 7.56. The van der Waals surface area contributed by atoms with Gasteiger partial charge in [0.05, 0.1) is 5.69 Å². The Labute approximate surface area is 150 Å². The SMILES string of the molecule is CC(=O)NCCCn1c(-c2ccc(OC(F)(F)F)cc2)cs/c1=N\C=O. The van der Waals surface area contributed by atoms with Crippen LogP contribution in [0.2, 0.25) is 0 Å². The molecule has 0 aliphatic heterocycles. The van der Waals surface area contributed by atoms with Crippen molar-refractivity contribution in [3.8, 4) is 17.0 Å². The van der Waals surface area contributed by atoms with Crippen molar-refractivity contribution >= 4 is 23.7 Å². The Morgan fingerprint density at radius 1 is 1.35 bits per heavy atom. The zero-order valence-electron chi connectivity index (χ0n) is 13.7. The average Bonchev–Trinajstić information content (AvgIpc) is 2.94. The lowest BCUT2D eigenvalue weighted by molar-refractivity contribution is -0.274. The zero-order chi connectivity index (χ0) is 19.2. The van der Waals surface area contributed by atoms with Crippen LogP contribution in [0.3, 0.4) is 0 Å². The molecule has 0 fully saturated rings. The van der Waals surface area contributed by atoms with Crippen LogP contribution in [0.4, 0.5) is 13.2 Å². The lowest BCUT2D eigenvalue weighted by Crippen LogP contribution is -2.24. The predicted molar refractivity (Wildman–Crippen MR) is 89.4 cm³/mol. The van der Waals surface area contributed by atoms with E-state index in [0.717, 1.165) is 0 Å². The van der Waals surface area contributed by atoms with E-state index in [1.165, 1.54) is 42.5 Å². The highest BCUT2D eigenvalue weighted by Gasteiger charge is 2.31. The van der Waals surface area contributed by atoms with E-state index < -0.39 is 6.36 Å². The molecule has 1 aromatic carbocycles. The molecule has 2 amide bonds. The number of benzene rings is 1. The summed E-state index contributed by atoms with van der Waals surface area (Å²) in [4.78, 5) is 25.9. The number of rotatable bonds is 7. The van der Waals surface area contributed by atoms with Gasteiger partial charge in [-0.2, -0.15) is 4.99 Å². The summed E-state index contributed by atoms with van der Waals surface area (Å²) in [6, 6.07) is 5.44. The number of nitrogens with zero attached hydrogens (tertiary/aromatic N) is 2. The number of ether oxygens (including phenoxy) is 1. The number of carbonyl (C=O) groups is 2. The van der Waals surface area contributed by atoms with Gasteiger partial charge in [0, 0.05) is 25.4 Å². The van der Waals surface area contributed by atoms with E-state index in [1.54, 1.807) is 9.95 Å². The predicted octanol–water partition coefficient (Wildman–Crippen LogP) is 2.70. The lowest BCUT2D eigenvalue weighted by Gasteiger charge is -2.11. The van der Waals surface area contributed by atoms with E-state index in [2.05, 4.69) is 15.0 Å². The summed E-state index contributed by atoms with van der Waals surface area (Å²) in [6.07, 6.45) is -3.71. The van der Waals surface area contributed by atoms with Crippen LogP contribution in [0.15, 0.2) is 34.6 Å². The van der Waals surface area contributed by atoms with E-state index in [0.29, 0.717) is 42.0 Å². The van der Waals surface area contributed by atoms with Crippen LogP contribution in [0.25, 0.3) is 11.3 Å². The van der Waals surface area contributed by atoms with Gasteiger partial charge in [-0.15, -0.1) is 24.5 Å². The molecule has 2 aromatic rings. The number of hydrogen-bond donors (Lipinski definition) is 1. The van der Waals surface area contributed by atoms with Gasteiger partial charge in [-0.05, 0) is 36.2 Å². The highest BCUT2D eigenvalue weighted by atomic mass is 32.1. The molecule has 10 heteroatoms. The molecule has 0 atom stereocenters. The summed E-state index contributed by atoms with van der Waals surface area (Å²) in [6.45, 7) is 2.35. The first-order chi connectivity index (χ1) is 12.3. The molecular formula is C16H16F3N3O3S. The maximum atomic E-state index is 12.2. The summed E-state index contributed by atoms with van der Waals surface area (Å²) < 4.78 is 42.4. The van der Waals surface area contributed by atoms with Crippen LogP contribution in [0.1, 0.15) is 13.3 Å². The van der Waals surface area contributed by atoms with Gasteiger partial charge in [0.25, 0.3) is 0 Å². The van der Waals surface area contributed by atoms with E-state index >= 15 is 0 Å². The highest BCUT2D eigenvalue weighted by molar-refractivity contribution is 7.07. The molecule has 0 unspecified atom stereocenters. The van der Waals surface area contributed by atoms with Gasteiger partial charge in [-0.3, -0.25) is 9.59 Å². The second-order valence-corrected chi connectivity index (χ2v) is 6.03. The van der Waals surface area contributed by atoms with Crippen LogP contribution in [-0.2, 0) is 16.1 Å². The minimum atomic E-state index is -4.75. The number of amides is 2. The highest BCUT2D eigenvalue weighted by Crippen LogP contribution is 2.27. The van der Waals surface area contributed by atoms with Gasteiger partial charge >= 0.3 is 6.36 Å². The number of hydrogen-bond acceptors (Lipinski definition) is 4. The zero-order valence-corrected chi connectivity index (χ0v) is 14.6. The Hall–Kier alpha value is -2.62. The molecule has 0 spiro atoms. The quantitative estimate of drug-likeness (QED) is 0.587. The number of thiazole rings is 1. The van der Waals surface area contributed by atoms with Crippen molar-refractivity contribution in [1.29, 1.82) is 0 Å². The van der Waals surface area contributed by atoms with Crippen molar-refractivity contribution in [2.24, 2.45) is 4.99 Å². The van der Waals surface area contributed by atoms with Crippen molar-refractivity contribution in [1.82, 2.24) is 9.88 Å². The minimum Gasteiger partial charge on any atom is -0.406 e. The number of nitrogens with one attached hydrogen (secondary N) is 1. The maximum Gasteiger partial charge on any atom is 0.573 e. The van der Waals surface area contributed by atoms with Gasteiger partial charge in [-0.25, -0.2) is 0 Å². The largest absolute Gasteiger partial charge is 0.573 e. The van der Waals surface area contributed by atoms with Gasteiger partial charge < -0.3 is 14.6 Å². The van der Waals surface area contributed by atoms with E-state index in [-0.39, 0.29) is 11.7 Å². The van der Waals surface area contributed by atoms with Gasteiger partial charge in [0.2, 0.25) is 12.3 Å². The van der Waals surface area contributed by atoms with E-state index in [9.17, 15) is 22.8 Å². The second-order valence-electron chi connectivity index (χ2n) is 5.20. The summed E-state index contributed by atoms with van der Waals surface area (Å²) in [5.41, 5.74) is 1.36. The third kappa shape index (κ3) is 5.73. The molecule has 0 saturated carbocycles. The monoisotopic (exact) mass is 387 g/mol. The topological polar surface area (TPSA) is 72.7 Å². The minimum absolute atomic E-state index is 0.140. The van der Waals surface area contributed by atoms with Crippen LogP contribution >= 0.6 is 11.3 Å². The smallest absolute Gasteiger partial charge is 0.406 e. The van der Waals surface area contributed by atoms with Crippen LogP contribution in [-0.4, -0.2) is 29.8 Å². The van der Waals surface area contributed by atoms with Crippen LogP contribution in [0, 0.1) is 0 Å². The molecule has 1 aromatic heterocycles. The molecule has 6 nitrogen and oxygen atoms in total. The molecule has 0 radical (unpaired) electrons. The Kier molecular flexibility index (Phi) is 6.56. The molecule has 0 aliphatic rings. The third-order valence-electron chi connectivity index (χ3n) is 3.28. The second kappa shape index (κ2) is 8.65. The maximum absolute atomic E-state index is 12.2. The van der Waals surface area contributed by atoms with Crippen molar-refractivity contribution in [3.63, 3.8) is 0 Å². The number of halogens is 3. The fourth-order valence-electron chi connectivity index (χ4n) is 2.25. The molecular weight excluding hydrogens is 371 g/mol. The van der Waals surface area contributed by atoms with Gasteiger partial charge in [0.1, 0.15) is 5.75 Å². The molecule has 140 valence electrons. The van der Waals surface area contributed by atoms with Crippen molar-refractivity contribution in [2.75, 3.05) is 6.54 Å². The molecule has 0 bridgehead atoms. The Balaban J connectivity index is 2.24. The summed E-state index contributed by atoms with van der Waals surface area (Å²) in [7, 11) is 0. The fraction of sp³-hybridized carbons (Fsp3) is 0.312. The number of carbonyl (C=O) groups excluding carboxylic acids is 2. The van der Waals surface area contributed by atoms with Gasteiger partial charge in [-0.1, -0.05) is 0 Å². The molecule has 0 saturated heterocycles. The summed E-state index contributed by atoms with van der Waals surface area (Å²) >= 11 is 1.24. The normalized spacial score (nSPS) is 12.1. The molecule has 1 N–H and O–H groups in total. The number of aromatic nitrogens is 1. The third-order valence-corrected chi connectivity index (χ3v) is 4.15. The molecule has 26 heavy (non-hydrogen) atoms. The Morgan fingerprint density at radius 3 is 2.62 bits per heavy atom. The summed E-state index contributed by atoms with van der Waals surface area (Å²) in [5.74, 6) is -0.454. The Bertz CT molecular complexity index is 826. The van der Waals surface area contributed by atoms with Crippen molar-refractivity contribution in [2.45, 2.75) is 26.3 Å². The van der Waals surface area contributed by atoms with Gasteiger partial charge in [0.15, 0.2) is 4.80 Å². The molecule has 0 aliphatic carbocycles. The molecule has 2 rings (SSSR count). The van der Waals surface area contributed by atoms with Crippen LogP contribution in [0.5, 0.6) is 5.75 Å². The van der Waals surface area contributed by atoms with Crippen molar-refractivity contribution in [3.05, 3.63) is 34.4 Å². The number of alkyl halides is 3. The Morgan fingerprint density at radius 2 is 2.04 bits per heavy atom. The first kappa shape index (κ1) is 19.7. The standard InChI is InChI=1S/C16H16F3N3O3S/c1-11(24)20-7-2-8-22-14(9-26-15(22)21-10-23)12-3-5-13(6-4-12)25-16(17,18)19/h3-6,9-10H,2,7-8H2,1H3,(H,20,24)/b21-15-. The van der Waals surface area contributed by atoms with E-state index in [1.807, 2.05) is 0 Å². The average molecular weight is 387 g/mol. The van der Waals surface area contributed by atoms with Crippen LogP contribution < -0.4 is 14.9 Å². The fourth-order valence-corrected chi connectivity index (χ4v) is 3.15. The lowest BCUT2D eigenvalue weighted by atomic mass is 10.1. The first-order valence-corrected chi connectivity index (χ1v) is 8.44. The van der Waals surface area contributed by atoms with Crippen molar-refractivity contribution < 1.29 is 27.5 Å². The molecule has 1 heterocycles.